The fraction of sp³-hybridized carbons (Fsp3) is 0.333. The maximum Gasteiger partial charge on any atom is 0.319 e. The van der Waals surface area contributed by atoms with Crippen molar-refractivity contribution in [3.8, 4) is 6.07 Å². The molecule has 0 saturated carbocycles. The summed E-state index contributed by atoms with van der Waals surface area (Å²) in [5.41, 5.74) is 0.592. The van der Waals surface area contributed by atoms with Gasteiger partial charge in [0.2, 0.25) is 5.91 Å². The molecule has 1 aliphatic heterocycles. The summed E-state index contributed by atoms with van der Waals surface area (Å²) < 4.78 is 9.62. The molecule has 2 rings (SSSR count). The van der Waals surface area contributed by atoms with Gasteiger partial charge in [0, 0.05) is 10.9 Å². The van der Waals surface area contributed by atoms with E-state index in [0.717, 1.165) is 11.8 Å². The Morgan fingerprint density at radius 2 is 2.07 bits per heavy atom. The van der Waals surface area contributed by atoms with Crippen molar-refractivity contribution in [1.29, 1.82) is 5.26 Å². The molecule has 0 unspecified atom stereocenters. The fourth-order valence-electron chi connectivity index (χ4n) is 2.68. The molecule has 1 aliphatic rings. The first-order chi connectivity index (χ1) is 12.9. The third-order valence-electron chi connectivity index (χ3n) is 3.87. The molecule has 0 aromatic heterocycles. The number of halogens is 1. The number of hydrogen-bond acceptors (Lipinski definition) is 7. The number of esters is 2. The van der Waals surface area contributed by atoms with Crippen molar-refractivity contribution in [2.24, 2.45) is 5.92 Å². The lowest BCUT2D eigenvalue weighted by molar-refractivity contribution is -0.153. The van der Waals surface area contributed by atoms with Crippen LogP contribution in [0.5, 0.6) is 0 Å². The van der Waals surface area contributed by atoms with E-state index in [0.29, 0.717) is 10.6 Å². The summed E-state index contributed by atoms with van der Waals surface area (Å²) in [6.45, 7) is 1.72. The van der Waals surface area contributed by atoms with Crippen molar-refractivity contribution < 1.29 is 23.9 Å². The van der Waals surface area contributed by atoms with Crippen LogP contribution in [0.3, 0.4) is 0 Å². The average Bonchev–Trinajstić information content (AvgIpc) is 2.65. The Hall–Kier alpha value is -2.50. The van der Waals surface area contributed by atoms with Gasteiger partial charge in [0.25, 0.3) is 0 Å². The molecule has 7 nitrogen and oxygen atoms in total. The first-order valence-corrected chi connectivity index (χ1v) is 9.36. The second-order valence-corrected chi connectivity index (χ2v) is 6.83. The van der Waals surface area contributed by atoms with Crippen LogP contribution in [0.1, 0.15) is 18.4 Å². The molecule has 142 valence electrons. The zero-order chi connectivity index (χ0) is 20.0. The number of allylic oxidation sites excluding steroid dienone is 1. The van der Waals surface area contributed by atoms with Crippen LogP contribution in [0.4, 0.5) is 0 Å². The van der Waals surface area contributed by atoms with Crippen LogP contribution in [-0.4, -0.2) is 37.3 Å². The third kappa shape index (κ3) is 4.62. The predicted molar refractivity (Wildman–Crippen MR) is 99.6 cm³/mol. The normalized spacial score (nSPS) is 19.1. The summed E-state index contributed by atoms with van der Waals surface area (Å²) in [6, 6.07) is 8.71. The number of thioether (sulfide) groups is 1. The Labute approximate surface area is 165 Å². The molecule has 0 fully saturated rings. The third-order valence-corrected chi connectivity index (χ3v) is 5.21. The monoisotopic (exact) mass is 408 g/mol. The minimum absolute atomic E-state index is 0.0907. The van der Waals surface area contributed by atoms with Crippen molar-refractivity contribution in [3.05, 3.63) is 45.5 Å². The molecule has 9 heteroatoms. The number of rotatable bonds is 6. The van der Waals surface area contributed by atoms with Crippen LogP contribution >= 0.6 is 23.4 Å². The first kappa shape index (κ1) is 20.8. The number of nitrogens with one attached hydrogen (secondary N) is 1. The summed E-state index contributed by atoms with van der Waals surface area (Å²) in [6.07, 6.45) is 0. The molecule has 1 aromatic rings. The van der Waals surface area contributed by atoms with Crippen molar-refractivity contribution in [2.45, 2.75) is 12.8 Å². The zero-order valence-electron chi connectivity index (χ0n) is 14.7. The van der Waals surface area contributed by atoms with Crippen LogP contribution < -0.4 is 5.32 Å². The first-order valence-electron chi connectivity index (χ1n) is 8.00. The van der Waals surface area contributed by atoms with Crippen molar-refractivity contribution >= 4 is 41.2 Å². The van der Waals surface area contributed by atoms with Gasteiger partial charge in [-0.2, -0.15) is 5.26 Å². The maximum absolute atomic E-state index is 12.7. The summed E-state index contributed by atoms with van der Waals surface area (Å²) in [5.74, 6) is -4.16. The molecule has 0 saturated heterocycles. The summed E-state index contributed by atoms with van der Waals surface area (Å²) in [7, 11) is 1.24. The van der Waals surface area contributed by atoms with Gasteiger partial charge in [0.05, 0.1) is 36.1 Å². The van der Waals surface area contributed by atoms with Crippen LogP contribution in [0, 0.1) is 17.2 Å². The van der Waals surface area contributed by atoms with Gasteiger partial charge in [0.1, 0.15) is 5.92 Å². The molecule has 0 aliphatic carbocycles. The smallest absolute Gasteiger partial charge is 0.319 e. The van der Waals surface area contributed by atoms with Crippen LogP contribution in [0.25, 0.3) is 0 Å². The van der Waals surface area contributed by atoms with E-state index in [1.54, 1.807) is 31.2 Å². The van der Waals surface area contributed by atoms with Crippen LogP contribution in [0.2, 0.25) is 5.02 Å². The Bertz CT molecular complexity index is 833. The van der Waals surface area contributed by atoms with Gasteiger partial charge in [0.15, 0.2) is 0 Å². The van der Waals surface area contributed by atoms with Crippen LogP contribution in [0.15, 0.2) is 34.9 Å². The molecule has 0 radical (unpaired) electrons. The number of carbonyl (C=O) groups is 3. The number of benzene rings is 1. The van der Waals surface area contributed by atoms with Gasteiger partial charge >= 0.3 is 11.9 Å². The van der Waals surface area contributed by atoms with Crippen molar-refractivity contribution in [2.75, 3.05) is 19.5 Å². The summed E-state index contributed by atoms with van der Waals surface area (Å²) in [5, 5.41) is 12.8. The SMILES string of the molecule is CCOC(=O)[C@@H]1C(=O)NC(SCC(=O)OC)=C(C#N)[C@@H]1c1ccccc1Cl. The molecule has 27 heavy (non-hydrogen) atoms. The molecule has 1 amide bonds. The standard InChI is InChI=1S/C18H17ClN2O5S/c1-3-26-18(24)15-14(10-6-4-5-7-12(10)19)11(8-20)17(21-16(15)23)27-9-13(22)25-2/h4-7,14-15H,3,9H2,1-2H3,(H,21,23)/t14-,15-/m0/s1. The average molecular weight is 409 g/mol. The number of amides is 1. The van der Waals surface area contributed by atoms with Gasteiger partial charge < -0.3 is 14.8 Å². The summed E-state index contributed by atoms with van der Waals surface area (Å²) >= 11 is 7.23. The second-order valence-electron chi connectivity index (χ2n) is 5.44. The molecule has 2 atom stereocenters. The van der Waals surface area contributed by atoms with E-state index < -0.39 is 29.7 Å². The fourth-order valence-corrected chi connectivity index (χ4v) is 3.81. The highest BCUT2D eigenvalue weighted by Gasteiger charge is 2.45. The minimum atomic E-state index is -1.26. The van der Waals surface area contributed by atoms with Crippen molar-refractivity contribution in [3.63, 3.8) is 0 Å². The number of nitriles is 1. The van der Waals surface area contributed by atoms with E-state index in [9.17, 15) is 19.6 Å². The highest BCUT2D eigenvalue weighted by atomic mass is 35.5. The largest absolute Gasteiger partial charge is 0.468 e. The number of hydrogen-bond donors (Lipinski definition) is 1. The zero-order valence-corrected chi connectivity index (χ0v) is 16.2. The van der Waals surface area contributed by atoms with E-state index in [2.05, 4.69) is 10.1 Å². The van der Waals surface area contributed by atoms with Gasteiger partial charge in [-0.05, 0) is 18.6 Å². The summed E-state index contributed by atoms with van der Waals surface area (Å²) in [4.78, 5) is 36.5. The lowest BCUT2D eigenvalue weighted by Crippen LogP contribution is -2.44. The van der Waals surface area contributed by atoms with E-state index in [-0.39, 0.29) is 23.0 Å². The number of nitrogens with zero attached hydrogens (tertiary/aromatic N) is 1. The molecule has 0 spiro atoms. The second kappa shape index (κ2) is 9.44. The highest BCUT2D eigenvalue weighted by Crippen LogP contribution is 2.42. The lowest BCUT2D eigenvalue weighted by Gasteiger charge is -2.31. The Kier molecular flexibility index (Phi) is 7.28. The highest BCUT2D eigenvalue weighted by molar-refractivity contribution is 8.03. The number of carbonyl (C=O) groups excluding carboxylic acids is 3. The molecule has 1 N–H and O–H groups in total. The van der Waals surface area contributed by atoms with Gasteiger partial charge in [-0.25, -0.2) is 0 Å². The Balaban J connectivity index is 2.57. The van der Waals surface area contributed by atoms with Gasteiger partial charge in [-0.3, -0.25) is 14.4 Å². The number of methoxy groups -OCH3 is 1. The van der Waals surface area contributed by atoms with E-state index >= 15 is 0 Å². The molecule has 1 heterocycles. The van der Waals surface area contributed by atoms with Crippen molar-refractivity contribution in [1.82, 2.24) is 5.32 Å². The topological polar surface area (TPSA) is 105 Å². The quantitative estimate of drug-likeness (QED) is 0.569. The van der Waals surface area contributed by atoms with E-state index in [4.69, 9.17) is 16.3 Å². The molecular formula is C18H17ClN2O5S. The van der Waals surface area contributed by atoms with Gasteiger partial charge in [-0.15, -0.1) is 0 Å². The predicted octanol–water partition coefficient (Wildman–Crippen LogP) is 2.37. The van der Waals surface area contributed by atoms with E-state index in [1.807, 2.05) is 6.07 Å². The van der Waals surface area contributed by atoms with Gasteiger partial charge in [-0.1, -0.05) is 41.6 Å². The van der Waals surface area contributed by atoms with Crippen LogP contribution in [-0.2, 0) is 23.9 Å². The lowest BCUT2D eigenvalue weighted by atomic mass is 9.78. The Morgan fingerprint density at radius 1 is 1.37 bits per heavy atom. The molecule has 0 bridgehead atoms. The minimum Gasteiger partial charge on any atom is -0.468 e. The van der Waals surface area contributed by atoms with E-state index in [1.165, 1.54) is 7.11 Å². The Morgan fingerprint density at radius 3 is 2.67 bits per heavy atom. The molecule has 1 aromatic carbocycles. The number of ether oxygens (including phenoxy) is 2. The molecular weight excluding hydrogens is 392 g/mol. The maximum atomic E-state index is 12.7.